The lowest BCUT2D eigenvalue weighted by Crippen LogP contribution is -2.49. The maximum Gasteiger partial charge on any atom is 0.261 e. The van der Waals surface area contributed by atoms with Crippen LogP contribution in [0.1, 0.15) is 43.4 Å². The van der Waals surface area contributed by atoms with E-state index in [4.69, 9.17) is 16.3 Å². The molecule has 2 aromatic carbocycles. The molecule has 1 N–H and O–H groups in total. The number of aryl methyl sites for hydroxylation is 2. The minimum atomic E-state index is -0.605. The van der Waals surface area contributed by atoms with Gasteiger partial charge in [-0.1, -0.05) is 55.3 Å². The average Bonchev–Trinajstić information content (AvgIpc) is 2.74. The Morgan fingerprint density at radius 2 is 1.77 bits per heavy atom. The number of hydrogen-bond donors (Lipinski definition) is 1. The van der Waals surface area contributed by atoms with Crippen molar-refractivity contribution >= 4 is 23.4 Å². The van der Waals surface area contributed by atoms with Gasteiger partial charge in [0, 0.05) is 18.1 Å². The molecule has 0 aliphatic heterocycles. The summed E-state index contributed by atoms with van der Waals surface area (Å²) in [5, 5.41) is 3.60. The molecule has 0 saturated carbocycles. The van der Waals surface area contributed by atoms with Gasteiger partial charge in [0.1, 0.15) is 11.8 Å². The molecule has 30 heavy (non-hydrogen) atoms. The largest absolute Gasteiger partial charge is 0.484 e. The van der Waals surface area contributed by atoms with E-state index in [9.17, 15) is 9.59 Å². The van der Waals surface area contributed by atoms with Crippen LogP contribution in [-0.4, -0.2) is 35.9 Å². The van der Waals surface area contributed by atoms with Crippen LogP contribution in [-0.2, 0) is 16.1 Å². The van der Waals surface area contributed by atoms with E-state index < -0.39 is 6.04 Å². The van der Waals surface area contributed by atoms with Gasteiger partial charge < -0.3 is 15.0 Å². The van der Waals surface area contributed by atoms with Crippen molar-refractivity contribution in [2.24, 2.45) is 0 Å². The summed E-state index contributed by atoms with van der Waals surface area (Å²) in [5.74, 6) is 0.177. The highest BCUT2D eigenvalue weighted by Gasteiger charge is 2.26. The van der Waals surface area contributed by atoms with Crippen LogP contribution in [0.15, 0.2) is 42.5 Å². The third-order valence-electron chi connectivity index (χ3n) is 4.96. The Balaban J connectivity index is 2.12. The molecular weight excluding hydrogens is 400 g/mol. The molecule has 5 nitrogen and oxygen atoms in total. The zero-order chi connectivity index (χ0) is 22.1. The number of benzene rings is 2. The van der Waals surface area contributed by atoms with E-state index in [1.54, 1.807) is 11.8 Å². The summed E-state index contributed by atoms with van der Waals surface area (Å²) in [6, 6.07) is 12.6. The van der Waals surface area contributed by atoms with Crippen LogP contribution in [0.2, 0.25) is 5.02 Å². The second-order valence-corrected chi connectivity index (χ2v) is 7.87. The van der Waals surface area contributed by atoms with Crippen LogP contribution >= 0.6 is 11.6 Å². The number of rotatable bonds is 10. The number of ether oxygens (including phenoxy) is 1. The highest BCUT2D eigenvalue weighted by molar-refractivity contribution is 6.32. The Labute approximate surface area is 184 Å². The van der Waals surface area contributed by atoms with Crippen LogP contribution in [0.5, 0.6) is 5.75 Å². The van der Waals surface area contributed by atoms with E-state index >= 15 is 0 Å². The number of nitrogens with one attached hydrogen (secondary N) is 1. The lowest BCUT2D eigenvalue weighted by molar-refractivity contribution is -0.142. The Morgan fingerprint density at radius 1 is 1.13 bits per heavy atom. The van der Waals surface area contributed by atoms with Crippen LogP contribution in [0.3, 0.4) is 0 Å². The highest BCUT2D eigenvalue weighted by Crippen LogP contribution is 2.26. The molecule has 1 atom stereocenters. The van der Waals surface area contributed by atoms with Crippen molar-refractivity contribution in [2.75, 3.05) is 13.2 Å². The van der Waals surface area contributed by atoms with Gasteiger partial charge in [-0.05, 0) is 56.0 Å². The van der Waals surface area contributed by atoms with Gasteiger partial charge in [-0.25, -0.2) is 0 Å². The zero-order valence-corrected chi connectivity index (χ0v) is 19.0. The second-order valence-electron chi connectivity index (χ2n) is 7.49. The molecule has 1 unspecified atom stereocenters. The molecule has 162 valence electrons. The summed E-state index contributed by atoms with van der Waals surface area (Å²) < 4.78 is 5.75. The van der Waals surface area contributed by atoms with Crippen LogP contribution < -0.4 is 10.1 Å². The second kappa shape index (κ2) is 11.6. The fourth-order valence-corrected chi connectivity index (χ4v) is 3.23. The monoisotopic (exact) mass is 430 g/mol. The normalized spacial score (nSPS) is 11.6. The molecular formula is C24H31ClN2O3. The molecule has 0 aliphatic rings. The number of hydrogen-bond acceptors (Lipinski definition) is 3. The number of amides is 2. The molecule has 0 saturated heterocycles. The number of unbranched alkanes of at least 4 members (excludes halogenated alkanes) is 1. The molecule has 2 rings (SSSR count). The Hall–Kier alpha value is -2.53. The van der Waals surface area contributed by atoms with Gasteiger partial charge in [0.2, 0.25) is 5.91 Å². The predicted molar refractivity (Wildman–Crippen MR) is 121 cm³/mol. The standard InChI is InChI=1S/C24H31ClN2O3/c1-5-6-12-26-24(29)19(4)27(15-20-10-8-7-9-11-20)22(28)16-30-21-13-17(2)23(25)18(3)14-21/h7-11,13-14,19H,5-6,12,15-16H2,1-4H3,(H,26,29). The topological polar surface area (TPSA) is 58.6 Å². The van der Waals surface area contributed by atoms with Gasteiger partial charge in [0.05, 0.1) is 0 Å². The quantitative estimate of drug-likeness (QED) is 0.557. The van der Waals surface area contributed by atoms with Gasteiger partial charge in [-0.2, -0.15) is 0 Å². The van der Waals surface area contributed by atoms with Crippen LogP contribution in [0, 0.1) is 13.8 Å². The number of nitrogens with zero attached hydrogens (tertiary/aromatic N) is 1. The smallest absolute Gasteiger partial charge is 0.261 e. The van der Waals surface area contributed by atoms with Crippen LogP contribution in [0.4, 0.5) is 0 Å². The van der Waals surface area contributed by atoms with Gasteiger partial charge in [-0.15, -0.1) is 0 Å². The molecule has 0 spiro atoms. The van der Waals surface area contributed by atoms with Crippen molar-refractivity contribution in [1.29, 1.82) is 0 Å². The van der Waals surface area contributed by atoms with Crippen molar-refractivity contribution in [2.45, 2.75) is 53.1 Å². The molecule has 0 bridgehead atoms. The summed E-state index contributed by atoms with van der Waals surface area (Å²) in [5.41, 5.74) is 2.74. The number of carbonyl (C=O) groups is 2. The lowest BCUT2D eigenvalue weighted by Gasteiger charge is -2.28. The van der Waals surface area contributed by atoms with E-state index in [1.165, 1.54) is 0 Å². The summed E-state index contributed by atoms with van der Waals surface area (Å²) in [6.45, 7) is 8.40. The Kier molecular flexibility index (Phi) is 9.18. The minimum Gasteiger partial charge on any atom is -0.484 e. The number of halogens is 1. The molecule has 0 heterocycles. The molecule has 6 heteroatoms. The predicted octanol–water partition coefficient (Wildman–Crippen LogP) is 4.67. The van der Waals surface area contributed by atoms with E-state index in [-0.39, 0.29) is 18.4 Å². The third-order valence-corrected chi connectivity index (χ3v) is 5.56. The molecule has 0 aliphatic carbocycles. The SMILES string of the molecule is CCCCNC(=O)C(C)N(Cc1ccccc1)C(=O)COc1cc(C)c(Cl)c(C)c1. The minimum absolute atomic E-state index is 0.153. The molecule has 2 amide bonds. The van der Waals surface area contributed by atoms with Crippen molar-refractivity contribution in [3.63, 3.8) is 0 Å². The fraction of sp³-hybridized carbons (Fsp3) is 0.417. The lowest BCUT2D eigenvalue weighted by atomic mass is 10.1. The first-order valence-corrected chi connectivity index (χ1v) is 10.7. The summed E-state index contributed by atoms with van der Waals surface area (Å²) in [6.07, 6.45) is 1.90. The van der Waals surface area contributed by atoms with Crippen LogP contribution in [0.25, 0.3) is 0 Å². The van der Waals surface area contributed by atoms with E-state index in [1.807, 2.05) is 56.3 Å². The first-order chi connectivity index (χ1) is 14.3. The molecule has 0 fully saturated rings. The first-order valence-electron chi connectivity index (χ1n) is 10.3. The van der Waals surface area contributed by atoms with E-state index in [0.717, 1.165) is 29.5 Å². The maximum absolute atomic E-state index is 13.0. The average molecular weight is 431 g/mol. The molecule has 0 aromatic heterocycles. The maximum atomic E-state index is 13.0. The fourth-order valence-electron chi connectivity index (χ4n) is 3.12. The van der Waals surface area contributed by atoms with E-state index in [2.05, 4.69) is 12.2 Å². The third kappa shape index (κ3) is 6.77. The van der Waals surface area contributed by atoms with Gasteiger partial charge >= 0.3 is 0 Å². The van der Waals surface area contributed by atoms with Crippen molar-refractivity contribution in [3.8, 4) is 5.75 Å². The summed E-state index contributed by atoms with van der Waals surface area (Å²) >= 11 is 6.21. The van der Waals surface area contributed by atoms with E-state index in [0.29, 0.717) is 23.9 Å². The van der Waals surface area contributed by atoms with Gasteiger partial charge in [0.15, 0.2) is 6.61 Å². The molecule has 2 aromatic rings. The Bertz CT molecular complexity index is 832. The zero-order valence-electron chi connectivity index (χ0n) is 18.2. The highest BCUT2D eigenvalue weighted by atomic mass is 35.5. The van der Waals surface area contributed by atoms with Crippen molar-refractivity contribution in [1.82, 2.24) is 10.2 Å². The van der Waals surface area contributed by atoms with Gasteiger partial charge in [-0.3, -0.25) is 9.59 Å². The van der Waals surface area contributed by atoms with Gasteiger partial charge in [0.25, 0.3) is 5.91 Å². The summed E-state index contributed by atoms with van der Waals surface area (Å²) in [7, 11) is 0. The Morgan fingerprint density at radius 3 is 2.37 bits per heavy atom. The molecule has 0 radical (unpaired) electrons. The number of carbonyl (C=O) groups excluding carboxylic acids is 2. The summed E-state index contributed by atoms with van der Waals surface area (Å²) in [4.78, 5) is 27.2. The first kappa shape index (κ1) is 23.7. The van der Waals surface area contributed by atoms with Crippen molar-refractivity contribution in [3.05, 3.63) is 64.2 Å². The van der Waals surface area contributed by atoms with Crippen molar-refractivity contribution < 1.29 is 14.3 Å².